The molecule has 8 nitrogen and oxygen atoms in total. The Labute approximate surface area is 103 Å². The van der Waals surface area contributed by atoms with E-state index in [1.54, 1.807) is 13.8 Å². The van der Waals surface area contributed by atoms with Crippen LogP contribution in [-0.2, 0) is 16.1 Å². The van der Waals surface area contributed by atoms with E-state index in [1.165, 1.54) is 11.6 Å². The number of hydrogen-bond donors (Lipinski definition) is 1. The molecule has 0 bridgehead atoms. The van der Waals surface area contributed by atoms with E-state index in [0.29, 0.717) is 11.4 Å². The summed E-state index contributed by atoms with van der Waals surface area (Å²) in [5.41, 5.74) is 0.734. The molecule has 0 spiro atoms. The molecule has 18 heavy (non-hydrogen) atoms. The number of hydrogen-bond acceptors (Lipinski definition) is 5. The molecule has 0 aliphatic rings. The number of nitro groups is 1. The van der Waals surface area contributed by atoms with E-state index in [0.717, 1.165) is 0 Å². The molecule has 0 atom stereocenters. The fourth-order valence-corrected chi connectivity index (χ4v) is 1.57. The summed E-state index contributed by atoms with van der Waals surface area (Å²) in [6.45, 7) is 4.78. The molecule has 0 saturated heterocycles. The van der Waals surface area contributed by atoms with Crippen LogP contribution in [0.5, 0.6) is 0 Å². The van der Waals surface area contributed by atoms with Crippen LogP contribution in [0.1, 0.15) is 18.3 Å². The third-order valence-electron chi connectivity index (χ3n) is 2.45. The van der Waals surface area contributed by atoms with Gasteiger partial charge < -0.3 is 5.32 Å². The number of Topliss-reactive ketones (excluding diaryl/α,β-unsaturated/α-hetero) is 1. The van der Waals surface area contributed by atoms with Crippen molar-refractivity contribution in [3.63, 3.8) is 0 Å². The molecule has 0 aliphatic carbocycles. The first-order valence-corrected chi connectivity index (χ1v) is 5.31. The number of ketones is 1. The number of carbonyl (C=O) groups is 2. The molecule has 0 aromatic carbocycles. The van der Waals surface area contributed by atoms with E-state index >= 15 is 0 Å². The number of rotatable bonds is 5. The van der Waals surface area contributed by atoms with Crippen LogP contribution in [0.2, 0.25) is 0 Å². The molecule has 0 radical (unpaired) electrons. The normalized spacial score (nSPS) is 10.2. The van der Waals surface area contributed by atoms with Crippen LogP contribution in [0.25, 0.3) is 0 Å². The van der Waals surface area contributed by atoms with E-state index in [9.17, 15) is 19.7 Å². The topological polar surface area (TPSA) is 107 Å². The summed E-state index contributed by atoms with van der Waals surface area (Å²) in [6, 6.07) is 0. The van der Waals surface area contributed by atoms with Crippen molar-refractivity contribution in [2.45, 2.75) is 27.3 Å². The van der Waals surface area contributed by atoms with Gasteiger partial charge in [-0.1, -0.05) is 0 Å². The standard InChI is InChI=1S/C10H14N4O4/c1-6-9(14(17)18)7(2)13(12-6)5-4-11-10(16)8(3)15/h4-5H2,1-3H3,(H,11,16). The molecule has 0 saturated carbocycles. The Balaban J connectivity index is 2.70. The van der Waals surface area contributed by atoms with Gasteiger partial charge in [-0.3, -0.25) is 24.4 Å². The lowest BCUT2D eigenvalue weighted by atomic mass is 10.3. The largest absolute Gasteiger partial charge is 0.348 e. The molecule has 1 amide bonds. The Morgan fingerprint density at radius 1 is 1.44 bits per heavy atom. The van der Waals surface area contributed by atoms with Crippen LogP contribution in [-0.4, -0.2) is 32.9 Å². The molecule has 1 aromatic rings. The number of aromatic nitrogens is 2. The van der Waals surface area contributed by atoms with Gasteiger partial charge in [0.15, 0.2) is 0 Å². The summed E-state index contributed by atoms with van der Waals surface area (Å²) < 4.78 is 1.44. The molecule has 98 valence electrons. The Kier molecular flexibility index (Phi) is 4.13. The number of carbonyl (C=O) groups excluding carboxylic acids is 2. The number of nitrogens with zero attached hydrogens (tertiary/aromatic N) is 3. The highest BCUT2D eigenvalue weighted by atomic mass is 16.6. The smallest absolute Gasteiger partial charge is 0.312 e. The van der Waals surface area contributed by atoms with Gasteiger partial charge in [0.05, 0.1) is 11.5 Å². The lowest BCUT2D eigenvalue weighted by Crippen LogP contribution is -2.32. The van der Waals surface area contributed by atoms with E-state index < -0.39 is 16.6 Å². The molecule has 1 aromatic heterocycles. The van der Waals surface area contributed by atoms with E-state index in [1.807, 2.05) is 0 Å². The molecule has 0 aliphatic heterocycles. The quantitative estimate of drug-likeness (QED) is 0.456. The highest BCUT2D eigenvalue weighted by molar-refractivity contribution is 6.35. The zero-order chi connectivity index (χ0) is 13.9. The summed E-state index contributed by atoms with van der Waals surface area (Å²) in [5.74, 6) is -1.25. The van der Waals surface area contributed by atoms with Crippen LogP contribution in [0, 0.1) is 24.0 Å². The van der Waals surface area contributed by atoms with Crippen LogP contribution in [0.3, 0.4) is 0 Å². The molecule has 1 heterocycles. The van der Waals surface area contributed by atoms with Gasteiger partial charge >= 0.3 is 5.69 Å². The molecule has 8 heteroatoms. The summed E-state index contributed by atoms with van der Waals surface area (Å²) >= 11 is 0. The maximum atomic E-state index is 11.0. The van der Waals surface area contributed by atoms with E-state index in [4.69, 9.17) is 0 Å². The molecular formula is C10H14N4O4. The Morgan fingerprint density at radius 2 is 2.06 bits per heavy atom. The monoisotopic (exact) mass is 254 g/mol. The third-order valence-corrected chi connectivity index (χ3v) is 2.45. The minimum absolute atomic E-state index is 0.0205. The minimum atomic E-state index is -0.675. The first kappa shape index (κ1) is 13.8. The summed E-state index contributed by atoms with van der Waals surface area (Å²) in [7, 11) is 0. The van der Waals surface area contributed by atoms with Crippen molar-refractivity contribution in [1.82, 2.24) is 15.1 Å². The molecule has 0 unspecified atom stereocenters. The zero-order valence-corrected chi connectivity index (χ0v) is 10.4. The van der Waals surface area contributed by atoms with Crippen molar-refractivity contribution < 1.29 is 14.5 Å². The lowest BCUT2D eigenvalue weighted by Gasteiger charge is -2.04. The third kappa shape index (κ3) is 2.90. The number of amides is 1. The second-order valence-corrected chi connectivity index (χ2v) is 3.81. The van der Waals surface area contributed by atoms with Gasteiger partial charge in [0, 0.05) is 13.5 Å². The lowest BCUT2D eigenvalue weighted by molar-refractivity contribution is -0.386. The van der Waals surface area contributed by atoms with Crippen LogP contribution in [0.4, 0.5) is 5.69 Å². The first-order chi connectivity index (χ1) is 8.34. The van der Waals surface area contributed by atoms with Crippen molar-refractivity contribution in [3.05, 3.63) is 21.5 Å². The van der Waals surface area contributed by atoms with Crippen LogP contribution < -0.4 is 5.32 Å². The van der Waals surface area contributed by atoms with E-state index in [-0.39, 0.29) is 18.8 Å². The Hall–Kier alpha value is -2.25. The van der Waals surface area contributed by atoms with Crippen molar-refractivity contribution in [2.24, 2.45) is 0 Å². The first-order valence-electron chi connectivity index (χ1n) is 5.31. The van der Waals surface area contributed by atoms with Crippen molar-refractivity contribution in [3.8, 4) is 0 Å². The van der Waals surface area contributed by atoms with Crippen molar-refractivity contribution in [1.29, 1.82) is 0 Å². The van der Waals surface area contributed by atoms with Gasteiger partial charge in [0.1, 0.15) is 11.4 Å². The van der Waals surface area contributed by atoms with Crippen LogP contribution in [0.15, 0.2) is 0 Å². The maximum absolute atomic E-state index is 11.0. The molecule has 1 rings (SSSR count). The maximum Gasteiger partial charge on any atom is 0.312 e. The second kappa shape index (κ2) is 5.39. The van der Waals surface area contributed by atoms with Gasteiger partial charge in [-0.2, -0.15) is 5.10 Å². The Morgan fingerprint density at radius 3 is 2.50 bits per heavy atom. The fraction of sp³-hybridized carbons (Fsp3) is 0.500. The molecule has 0 fully saturated rings. The van der Waals surface area contributed by atoms with Gasteiger partial charge in [-0.25, -0.2) is 0 Å². The average molecular weight is 254 g/mol. The highest BCUT2D eigenvalue weighted by Gasteiger charge is 2.21. The predicted molar refractivity (Wildman–Crippen MR) is 62.0 cm³/mol. The Bertz CT molecular complexity index is 506. The van der Waals surface area contributed by atoms with Crippen LogP contribution >= 0.6 is 0 Å². The fourth-order valence-electron chi connectivity index (χ4n) is 1.57. The van der Waals surface area contributed by atoms with Gasteiger partial charge in [0.25, 0.3) is 5.91 Å². The van der Waals surface area contributed by atoms with E-state index in [2.05, 4.69) is 10.4 Å². The molecular weight excluding hydrogens is 240 g/mol. The number of aryl methyl sites for hydroxylation is 1. The highest BCUT2D eigenvalue weighted by Crippen LogP contribution is 2.21. The average Bonchev–Trinajstić information content (AvgIpc) is 2.53. The van der Waals surface area contributed by atoms with Crippen molar-refractivity contribution >= 4 is 17.4 Å². The molecule has 1 N–H and O–H groups in total. The predicted octanol–water partition coefficient (Wildman–Crippen LogP) is 0.113. The minimum Gasteiger partial charge on any atom is -0.348 e. The summed E-state index contributed by atoms with van der Waals surface area (Å²) in [4.78, 5) is 32.0. The SMILES string of the molecule is CC(=O)C(=O)NCCn1nc(C)c([N+](=O)[O-])c1C. The second-order valence-electron chi connectivity index (χ2n) is 3.81. The van der Waals surface area contributed by atoms with Gasteiger partial charge in [0.2, 0.25) is 5.78 Å². The van der Waals surface area contributed by atoms with Gasteiger partial charge in [-0.15, -0.1) is 0 Å². The number of nitrogens with one attached hydrogen (secondary N) is 1. The summed E-state index contributed by atoms with van der Waals surface area (Å²) in [6.07, 6.45) is 0. The summed E-state index contributed by atoms with van der Waals surface area (Å²) in [5, 5.41) is 17.2. The van der Waals surface area contributed by atoms with Gasteiger partial charge in [-0.05, 0) is 13.8 Å². The zero-order valence-electron chi connectivity index (χ0n) is 10.4. The van der Waals surface area contributed by atoms with Crippen molar-refractivity contribution in [2.75, 3.05) is 6.54 Å².